The van der Waals surface area contributed by atoms with Crippen LogP contribution in [-0.2, 0) is 23.7 Å². The Morgan fingerprint density at radius 3 is 0.889 bits per heavy atom. The second kappa shape index (κ2) is 8.59. The number of nitrogens with zero attached hydrogens (tertiary/aromatic N) is 3. The molecule has 0 saturated carbocycles. The lowest BCUT2D eigenvalue weighted by atomic mass is 10.3. The monoisotopic (exact) mass is 383 g/mol. The molecule has 5 rings (SSSR count). The van der Waals surface area contributed by atoms with Crippen LogP contribution < -0.4 is 0 Å². The SMILES string of the molecule is C1OC1CN(CCN(CC1CO1)CC1CO1)CCN(CC1CO1)CC1CO1. The third kappa shape index (κ3) is 7.21. The Labute approximate surface area is 161 Å². The predicted octanol–water partition coefficient (Wildman–Crippen LogP) is -1.11. The van der Waals surface area contributed by atoms with Gasteiger partial charge in [0.05, 0.1) is 63.6 Å². The lowest BCUT2D eigenvalue weighted by Crippen LogP contribution is -2.44. The molecule has 8 nitrogen and oxygen atoms in total. The van der Waals surface area contributed by atoms with E-state index in [1.54, 1.807) is 0 Å². The van der Waals surface area contributed by atoms with Crippen molar-refractivity contribution in [2.45, 2.75) is 30.5 Å². The molecule has 0 aromatic heterocycles. The third-order valence-corrected chi connectivity index (χ3v) is 5.79. The van der Waals surface area contributed by atoms with Crippen LogP contribution in [0.1, 0.15) is 0 Å². The molecule has 5 heterocycles. The minimum Gasteiger partial charge on any atom is -0.372 e. The number of hydrogen-bond acceptors (Lipinski definition) is 8. The van der Waals surface area contributed by atoms with Crippen molar-refractivity contribution in [3.05, 3.63) is 0 Å². The standard InChI is InChI=1S/C19H33N3O5/c1(3-21(6-16-11-24-16)7-17-12-25-17)20(5-15-10-23-15)2-4-22(8-18-13-26-18)9-19-14-27-19/h15-19H,1-14H2. The average Bonchev–Trinajstić information content (AvgIpc) is 3.47. The van der Waals surface area contributed by atoms with Gasteiger partial charge in [0.1, 0.15) is 0 Å². The second-order valence-electron chi connectivity index (χ2n) is 8.60. The zero-order chi connectivity index (χ0) is 18.1. The van der Waals surface area contributed by atoms with Gasteiger partial charge in [-0.15, -0.1) is 0 Å². The van der Waals surface area contributed by atoms with Gasteiger partial charge in [0.25, 0.3) is 0 Å². The van der Waals surface area contributed by atoms with Gasteiger partial charge in [0, 0.05) is 58.9 Å². The van der Waals surface area contributed by atoms with Crippen molar-refractivity contribution >= 4 is 0 Å². The Kier molecular flexibility index (Phi) is 5.94. The number of hydrogen-bond donors (Lipinski definition) is 0. The maximum Gasteiger partial charge on any atom is 0.0936 e. The minimum atomic E-state index is 0.434. The van der Waals surface area contributed by atoms with Crippen LogP contribution in [-0.4, -0.2) is 137 Å². The molecule has 0 aromatic carbocycles. The Hall–Kier alpha value is -0.320. The summed E-state index contributed by atoms with van der Waals surface area (Å²) in [4.78, 5) is 7.61. The second-order valence-corrected chi connectivity index (χ2v) is 8.60. The Bertz CT molecular complexity index is 414. The fraction of sp³-hybridized carbons (Fsp3) is 1.00. The van der Waals surface area contributed by atoms with Gasteiger partial charge in [-0.25, -0.2) is 0 Å². The van der Waals surface area contributed by atoms with Gasteiger partial charge in [-0.05, 0) is 0 Å². The summed E-state index contributed by atoms with van der Waals surface area (Å²) in [7, 11) is 0. The molecule has 5 atom stereocenters. The lowest BCUT2D eigenvalue weighted by molar-refractivity contribution is 0.148. The molecule has 8 heteroatoms. The van der Waals surface area contributed by atoms with Gasteiger partial charge in [0.15, 0.2) is 0 Å². The first-order valence-electron chi connectivity index (χ1n) is 10.6. The van der Waals surface area contributed by atoms with Crippen molar-refractivity contribution in [1.29, 1.82) is 0 Å². The van der Waals surface area contributed by atoms with E-state index in [-0.39, 0.29) is 0 Å². The van der Waals surface area contributed by atoms with E-state index in [4.69, 9.17) is 23.7 Å². The van der Waals surface area contributed by atoms with E-state index in [1.165, 1.54) is 0 Å². The summed E-state index contributed by atoms with van der Waals surface area (Å²) in [6.07, 6.45) is 2.20. The van der Waals surface area contributed by atoms with Gasteiger partial charge >= 0.3 is 0 Å². The minimum absolute atomic E-state index is 0.434. The Morgan fingerprint density at radius 2 is 0.630 bits per heavy atom. The van der Waals surface area contributed by atoms with Crippen LogP contribution in [0.3, 0.4) is 0 Å². The van der Waals surface area contributed by atoms with Gasteiger partial charge in [-0.2, -0.15) is 0 Å². The van der Waals surface area contributed by atoms with E-state index < -0.39 is 0 Å². The molecule has 0 aromatic rings. The number of ether oxygens (including phenoxy) is 5. The molecule has 5 saturated heterocycles. The number of epoxide rings is 5. The predicted molar refractivity (Wildman–Crippen MR) is 98.0 cm³/mol. The maximum atomic E-state index is 5.50. The molecule has 0 radical (unpaired) electrons. The lowest BCUT2D eigenvalue weighted by Gasteiger charge is -2.29. The first-order valence-corrected chi connectivity index (χ1v) is 10.6. The first kappa shape index (κ1) is 18.7. The highest BCUT2D eigenvalue weighted by atomic mass is 16.6. The molecular formula is C19H33N3O5. The number of rotatable bonds is 16. The van der Waals surface area contributed by atoms with Crippen LogP contribution in [0.4, 0.5) is 0 Å². The van der Waals surface area contributed by atoms with Crippen LogP contribution in [0.5, 0.6) is 0 Å². The molecule has 0 N–H and O–H groups in total. The fourth-order valence-electron chi connectivity index (χ4n) is 3.68. The summed E-state index contributed by atoms with van der Waals surface area (Å²) < 4.78 is 27.3. The topological polar surface area (TPSA) is 72.4 Å². The normalized spacial score (nSPS) is 35.9. The molecule has 0 amide bonds. The molecule has 5 aliphatic rings. The maximum absolute atomic E-state index is 5.50. The Balaban J connectivity index is 1.08. The smallest absolute Gasteiger partial charge is 0.0936 e. The van der Waals surface area contributed by atoms with Crippen molar-refractivity contribution in [1.82, 2.24) is 14.7 Å². The zero-order valence-corrected chi connectivity index (χ0v) is 16.2. The molecule has 0 aliphatic carbocycles. The van der Waals surface area contributed by atoms with E-state index in [2.05, 4.69) is 14.7 Å². The highest BCUT2D eigenvalue weighted by molar-refractivity contribution is 4.84. The van der Waals surface area contributed by atoms with Crippen molar-refractivity contribution < 1.29 is 23.7 Å². The highest BCUT2D eigenvalue weighted by Crippen LogP contribution is 2.18. The van der Waals surface area contributed by atoms with E-state index in [0.29, 0.717) is 30.5 Å². The average molecular weight is 383 g/mol. The molecule has 5 aliphatic heterocycles. The van der Waals surface area contributed by atoms with E-state index in [9.17, 15) is 0 Å². The molecular weight excluding hydrogens is 350 g/mol. The van der Waals surface area contributed by atoms with Gasteiger partial charge in [-0.1, -0.05) is 0 Å². The van der Waals surface area contributed by atoms with Crippen LogP contribution in [0, 0.1) is 0 Å². The summed E-state index contributed by atoms with van der Waals surface area (Å²) in [6, 6.07) is 0. The molecule has 0 bridgehead atoms. The summed E-state index contributed by atoms with van der Waals surface area (Å²) in [5.74, 6) is 0. The van der Waals surface area contributed by atoms with Gasteiger partial charge in [0.2, 0.25) is 0 Å². The van der Waals surface area contributed by atoms with Crippen molar-refractivity contribution in [2.24, 2.45) is 0 Å². The summed E-state index contributed by atoms with van der Waals surface area (Å²) >= 11 is 0. The van der Waals surface area contributed by atoms with E-state index >= 15 is 0 Å². The summed E-state index contributed by atoms with van der Waals surface area (Å²) in [5, 5.41) is 0. The van der Waals surface area contributed by atoms with Crippen LogP contribution in [0.15, 0.2) is 0 Å². The Morgan fingerprint density at radius 1 is 0.407 bits per heavy atom. The first-order chi connectivity index (χ1) is 13.3. The highest BCUT2D eigenvalue weighted by Gasteiger charge is 2.33. The quantitative estimate of drug-likeness (QED) is 0.311. The van der Waals surface area contributed by atoms with Crippen molar-refractivity contribution in [3.63, 3.8) is 0 Å². The fourth-order valence-corrected chi connectivity index (χ4v) is 3.68. The van der Waals surface area contributed by atoms with Crippen LogP contribution in [0.25, 0.3) is 0 Å². The zero-order valence-electron chi connectivity index (χ0n) is 16.2. The largest absolute Gasteiger partial charge is 0.372 e. The van der Waals surface area contributed by atoms with Gasteiger partial charge < -0.3 is 23.7 Å². The van der Waals surface area contributed by atoms with Crippen LogP contribution >= 0.6 is 0 Å². The van der Waals surface area contributed by atoms with E-state index in [1.807, 2.05) is 0 Å². The summed E-state index contributed by atoms with van der Waals surface area (Å²) in [6.45, 7) is 14.1. The molecule has 5 unspecified atom stereocenters. The molecule has 0 spiro atoms. The van der Waals surface area contributed by atoms with E-state index in [0.717, 1.165) is 91.9 Å². The molecule has 5 fully saturated rings. The van der Waals surface area contributed by atoms with Gasteiger partial charge in [-0.3, -0.25) is 14.7 Å². The summed E-state index contributed by atoms with van der Waals surface area (Å²) in [5.41, 5.74) is 0. The molecule has 27 heavy (non-hydrogen) atoms. The third-order valence-electron chi connectivity index (χ3n) is 5.79. The van der Waals surface area contributed by atoms with Crippen molar-refractivity contribution in [2.75, 3.05) is 91.9 Å². The molecule has 154 valence electrons. The van der Waals surface area contributed by atoms with Crippen molar-refractivity contribution in [3.8, 4) is 0 Å². The van der Waals surface area contributed by atoms with Crippen LogP contribution in [0.2, 0.25) is 0 Å².